The second-order valence-corrected chi connectivity index (χ2v) is 9.18. The van der Waals surface area contributed by atoms with Crippen LogP contribution in [0.15, 0.2) is 58.8 Å². The Hall–Kier alpha value is -2.71. The first-order chi connectivity index (χ1) is 13.3. The predicted octanol–water partition coefficient (Wildman–Crippen LogP) is 4.03. The van der Waals surface area contributed by atoms with Crippen LogP contribution in [-0.4, -0.2) is 25.6 Å². The molecule has 146 valence electrons. The Bertz CT molecular complexity index is 1070. The van der Waals surface area contributed by atoms with Gasteiger partial charge in [-0.25, -0.2) is 13.4 Å². The van der Waals surface area contributed by atoms with E-state index in [9.17, 15) is 13.2 Å². The van der Waals surface area contributed by atoms with Crippen LogP contribution in [0.3, 0.4) is 0 Å². The minimum atomic E-state index is -3.22. The second kappa shape index (κ2) is 8.53. The van der Waals surface area contributed by atoms with Gasteiger partial charge < -0.3 is 10.6 Å². The summed E-state index contributed by atoms with van der Waals surface area (Å²) in [6, 6.07) is 14.2. The monoisotopic (exact) mass is 415 g/mol. The van der Waals surface area contributed by atoms with Crippen molar-refractivity contribution in [2.24, 2.45) is 0 Å². The van der Waals surface area contributed by atoms with Gasteiger partial charge in [-0.3, -0.25) is 4.79 Å². The Morgan fingerprint density at radius 3 is 2.50 bits per heavy atom. The third-order valence-corrected chi connectivity index (χ3v) is 6.03. The minimum absolute atomic E-state index is 0.116. The molecule has 0 aliphatic rings. The van der Waals surface area contributed by atoms with Crippen LogP contribution in [-0.2, 0) is 27.5 Å². The van der Waals surface area contributed by atoms with Crippen molar-refractivity contribution >= 4 is 43.6 Å². The van der Waals surface area contributed by atoms with E-state index < -0.39 is 9.84 Å². The number of carbonyl (C=O) groups is 1. The lowest BCUT2D eigenvalue weighted by atomic mass is 10.1. The van der Waals surface area contributed by atoms with Gasteiger partial charge in [0.15, 0.2) is 15.0 Å². The van der Waals surface area contributed by atoms with Crippen molar-refractivity contribution in [1.29, 1.82) is 0 Å². The lowest BCUT2D eigenvalue weighted by molar-refractivity contribution is -0.115. The number of benzene rings is 2. The Kier molecular flexibility index (Phi) is 6.11. The summed E-state index contributed by atoms with van der Waals surface area (Å²) in [4.78, 5) is 17.0. The van der Waals surface area contributed by atoms with Crippen LogP contribution >= 0.6 is 11.3 Å². The highest BCUT2D eigenvalue weighted by molar-refractivity contribution is 7.90. The van der Waals surface area contributed by atoms with Gasteiger partial charge in [0, 0.05) is 23.0 Å². The van der Waals surface area contributed by atoms with Gasteiger partial charge in [-0.05, 0) is 42.3 Å². The number of amides is 1. The van der Waals surface area contributed by atoms with Crippen LogP contribution < -0.4 is 10.6 Å². The summed E-state index contributed by atoms with van der Waals surface area (Å²) in [6.45, 7) is 2.05. The predicted molar refractivity (Wildman–Crippen MR) is 113 cm³/mol. The largest absolute Gasteiger partial charge is 0.332 e. The van der Waals surface area contributed by atoms with Gasteiger partial charge in [0.25, 0.3) is 0 Å². The third-order valence-electron chi connectivity index (χ3n) is 4.10. The van der Waals surface area contributed by atoms with E-state index in [1.165, 1.54) is 17.6 Å². The number of nitrogens with one attached hydrogen (secondary N) is 2. The van der Waals surface area contributed by atoms with Crippen LogP contribution in [0, 0.1) is 0 Å². The number of aromatic nitrogens is 1. The summed E-state index contributed by atoms with van der Waals surface area (Å²) < 4.78 is 23.0. The molecule has 0 fully saturated rings. The average molecular weight is 416 g/mol. The van der Waals surface area contributed by atoms with E-state index in [1.54, 1.807) is 24.3 Å². The van der Waals surface area contributed by atoms with E-state index >= 15 is 0 Å². The van der Waals surface area contributed by atoms with Gasteiger partial charge in [-0.1, -0.05) is 25.1 Å². The molecular weight excluding hydrogens is 394 g/mol. The van der Waals surface area contributed by atoms with Crippen molar-refractivity contribution in [3.63, 3.8) is 0 Å². The molecule has 2 N–H and O–H groups in total. The van der Waals surface area contributed by atoms with E-state index in [1.807, 2.05) is 36.6 Å². The molecule has 0 bridgehead atoms. The molecule has 0 radical (unpaired) electrons. The molecule has 6 nitrogen and oxygen atoms in total. The fourth-order valence-electron chi connectivity index (χ4n) is 2.66. The molecule has 2 aromatic carbocycles. The van der Waals surface area contributed by atoms with Crippen molar-refractivity contribution < 1.29 is 13.2 Å². The zero-order valence-corrected chi connectivity index (χ0v) is 17.2. The first-order valence-electron chi connectivity index (χ1n) is 8.74. The second-order valence-electron chi connectivity index (χ2n) is 6.30. The summed E-state index contributed by atoms with van der Waals surface area (Å²) in [7, 11) is -3.22. The Morgan fingerprint density at radius 1 is 1.11 bits per heavy atom. The van der Waals surface area contributed by atoms with Gasteiger partial charge in [0.2, 0.25) is 5.91 Å². The van der Waals surface area contributed by atoms with E-state index in [0.29, 0.717) is 10.8 Å². The molecule has 3 aromatic rings. The maximum atomic E-state index is 12.3. The molecule has 1 aromatic heterocycles. The Morgan fingerprint density at radius 2 is 1.82 bits per heavy atom. The first kappa shape index (κ1) is 20.0. The zero-order chi connectivity index (χ0) is 20.1. The fraction of sp³-hybridized carbons (Fsp3) is 0.200. The number of nitrogens with zero attached hydrogens (tertiary/aromatic N) is 1. The highest BCUT2D eigenvalue weighted by atomic mass is 32.2. The molecule has 0 spiro atoms. The molecule has 1 heterocycles. The van der Waals surface area contributed by atoms with E-state index in [0.717, 1.165) is 23.4 Å². The van der Waals surface area contributed by atoms with E-state index in [2.05, 4.69) is 15.6 Å². The van der Waals surface area contributed by atoms with Gasteiger partial charge in [0.1, 0.15) is 0 Å². The number of thiazole rings is 1. The Balaban J connectivity index is 1.61. The number of hydrogen-bond donors (Lipinski definition) is 2. The van der Waals surface area contributed by atoms with Crippen molar-refractivity contribution in [1.82, 2.24) is 4.98 Å². The molecule has 0 saturated heterocycles. The van der Waals surface area contributed by atoms with Crippen LogP contribution in [0.2, 0.25) is 0 Å². The standard InChI is InChI=1S/C20H21N3O3S2/c1-3-14-6-4-5-7-18(14)23-19(24)12-16-13-27-20(22-16)21-15-8-10-17(11-9-15)28(2,25)26/h4-11,13H,3,12H2,1-2H3,(H,21,22)(H,23,24). The first-order valence-corrected chi connectivity index (χ1v) is 11.5. The summed E-state index contributed by atoms with van der Waals surface area (Å²) in [6.07, 6.45) is 2.20. The van der Waals surface area contributed by atoms with E-state index in [4.69, 9.17) is 0 Å². The summed E-state index contributed by atoms with van der Waals surface area (Å²) >= 11 is 1.39. The maximum Gasteiger partial charge on any atom is 0.230 e. The van der Waals surface area contributed by atoms with Crippen LogP contribution in [0.5, 0.6) is 0 Å². The van der Waals surface area contributed by atoms with Crippen LogP contribution in [0.1, 0.15) is 18.2 Å². The SMILES string of the molecule is CCc1ccccc1NC(=O)Cc1csc(Nc2ccc(S(C)(=O)=O)cc2)n1. The summed E-state index contributed by atoms with van der Waals surface area (Å²) in [5, 5.41) is 8.54. The highest BCUT2D eigenvalue weighted by Crippen LogP contribution is 2.23. The number of para-hydroxylation sites is 1. The smallest absolute Gasteiger partial charge is 0.230 e. The number of aryl methyl sites for hydroxylation is 1. The van der Waals surface area contributed by atoms with Crippen molar-refractivity contribution in [2.75, 3.05) is 16.9 Å². The zero-order valence-electron chi connectivity index (χ0n) is 15.6. The summed E-state index contributed by atoms with van der Waals surface area (Å²) in [5.74, 6) is -0.116. The number of carbonyl (C=O) groups excluding carboxylic acids is 1. The normalized spacial score (nSPS) is 11.2. The molecule has 0 aliphatic heterocycles. The van der Waals surface area contributed by atoms with E-state index in [-0.39, 0.29) is 17.2 Å². The van der Waals surface area contributed by atoms with Gasteiger partial charge in [0.05, 0.1) is 17.0 Å². The lowest BCUT2D eigenvalue weighted by Gasteiger charge is -2.08. The molecule has 0 atom stereocenters. The molecule has 0 saturated carbocycles. The molecule has 8 heteroatoms. The lowest BCUT2D eigenvalue weighted by Crippen LogP contribution is -2.15. The molecular formula is C20H21N3O3S2. The van der Waals surface area contributed by atoms with Crippen molar-refractivity contribution in [3.8, 4) is 0 Å². The fourth-order valence-corrected chi connectivity index (χ4v) is 4.02. The van der Waals surface area contributed by atoms with Crippen molar-refractivity contribution in [3.05, 3.63) is 65.2 Å². The van der Waals surface area contributed by atoms with Crippen molar-refractivity contribution in [2.45, 2.75) is 24.7 Å². The number of sulfone groups is 1. The van der Waals surface area contributed by atoms with Gasteiger partial charge in [-0.2, -0.15) is 0 Å². The third kappa shape index (κ3) is 5.17. The quantitative estimate of drug-likeness (QED) is 0.608. The molecule has 0 unspecified atom stereocenters. The molecule has 0 aliphatic carbocycles. The van der Waals surface area contributed by atoms with Gasteiger partial charge in [-0.15, -0.1) is 11.3 Å². The maximum absolute atomic E-state index is 12.3. The van der Waals surface area contributed by atoms with Crippen LogP contribution in [0.4, 0.5) is 16.5 Å². The van der Waals surface area contributed by atoms with Crippen LogP contribution in [0.25, 0.3) is 0 Å². The number of hydrogen-bond acceptors (Lipinski definition) is 6. The molecule has 1 amide bonds. The Labute approximate surface area is 168 Å². The summed E-state index contributed by atoms with van der Waals surface area (Å²) in [5.41, 5.74) is 3.32. The number of rotatable bonds is 7. The topological polar surface area (TPSA) is 88.2 Å². The minimum Gasteiger partial charge on any atom is -0.332 e. The average Bonchev–Trinajstić information content (AvgIpc) is 3.08. The highest BCUT2D eigenvalue weighted by Gasteiger charge is 2.11. The molecule has 28 heavy (non-hydrogen) atoms. The van der Waals surface area contributed by atoms with Gasteiger partial charge >= 0.3 is 0 Å². The molecule has 3 rings (SSSR count). The number of anilines is 3.